The van der Waals surface area contributed by atoms with Crippen LogP contribution in [0.1, 0.15) is 21.5 Å². The van der Waals surface area contributed by atoms with Crippen LogP contribution in [0.5, 0.6) is 0 Å². The van der Waals surface area contributed by atoms with Crippen molar-refractivity contribution < 1.29 is 14.0 Å². The maximum atomic E-state index is 13.1. The quantitative estimate of drug-likeness (QED) is 0.781. The van der Waals surface area contributed by atoms with Crippen molar-refractivity contribution in [2.45, 2.75) is 6.42 Å². The number of carbonyl (C=O) groups is 2. The van der Waals surface area contributed by atoms with Gasteiger partial charge in [-0.3, -0.25) is 9.59 Å². The summed E-state index contributed by atoms with van der Waals surface area (Å²) in [5.74, 6) is -0.594. The van der Waals surface area contributed by atoms with Crippen LogP contribution in [-0.2, 0) is 11.2 Å². The Bertz CT molecular complexity index is 773. The van der Waals surface area contributed by atoms with Crippen molar-refractivity contribution in [2.75, 3.05) is 11.9 Å². The molecule has 1 amide bonds. The molecule has 3 rings (SSSR count). The first kappa shape index (κ1) is 13.9. The maximum absolute atomic E-state index is 13.1. The van der Waals surface area contributed by atoms with Crippen LogP contribution in [-0.4, -0.2) is 18.7 Å². The Morgan fingerprint density at radius 3 is 2.71 bits per heavy atom. The van der Waals surface area contributed by atoms with Gasteiger partial charge >= 0.3 is 0 Å². The zero-order chi connectivity index (χ0) is 15.1. The van der Waals surface area contributed by atoms with E-state index in [0.717, 1.165) is 11.3 Å². The van der Waals surface area contributed by atoms with Crippen LogP contribution in [0.4, 0.5) is 10.1 Å². The Morgan fingerprint density at radius 2 is 2.00 bits per heavy atom. The first-order chi connectivity index (χ1) is 9.97. The molecule has 0 fully saturated rings. The molecule has 1 aliphatic heterocycles. The minimum Gasteiger partial charge on any atom is -0.315 e. The average Bonchev–Trinajstić information content (AvgIpc) is 2.73. The SMILES string of the molecule is CN1C(=O)Cc2cc(C(=O)c3ccc(F)cc3Br)ccc21. The van der Waals surface area contributed by atoms with Crippen LogP contribution in [0, 0.1) is 5.82 Å². The van der Waals surface area contributed by atoms with Crippen molar-refractivity contribution in [3.63, 3.8) is 0 Å². The minimum atomic E-state index is -0.403. The van der Waals surface area contributed by atoms with E-state index in [1.807, 2.05) is 0 Å². The number of benzene rings is 2. The topological polar surface area (TPSA) is 37.4 Å². The van der Waals surface area contributed by atoms with Gasteiger partial charge in [0.2, 0.25) is 5.91 Å². The Hall–Kier alpha value is -2.01. The number of rotatable bonds is 2. The molecule has 0 saturated heterocycles. The van der Waals surface area contributed by atoms with Gasteiger partial charge in [0.15, 0.2) is 5.78 Å². The number of amides is 1. The molecule has 0 radical (unpaired) electrons. The van der Waals surface area contributed by atoms with Gasteiger partial charge in [0.1, 0.15) is 5.82 Å². The van der Waals surface area contributed by atoms with E-state index in [9.17, 15) is 14.0 Å². The van der Waals surface area contributed by atoms with Gasteiger partial charge in [-0.25, -0.2) is 4.39 Å². The highest BCUT2D eigenvalue weighted by Crippen LogP contribution is 2.30. The van der Waals surface area contributed by atoms with Gasteiger partial charge in [-0.15, -0.1) is 0 Å². The summed E-state index contributed by atoms with van der Waals surface area (Å²) >= 11 is 3.20. The second kappa shape index (κ2) is 5.07. The number of hydrogen-bond donors (Lipinski definition) is 0. The monoisotopic (exact) mass is 347 g/mol. The number of anilines is 1. The van der Waals surface area contributed by atoms with E-state index in [4.69, 9.17) is 0 Å². The summed E-state index contributed by atoms with van der Waals surface area (Å²) in [7, 11) is 1.71. The summed E-state index contributed by atoms with van der Waals surface area (Å²) in [6.45, 7) is 0. The van der Waals surface area contributed by atoms with Gasteiger partial charge in [0.25, 0.3) is 0 Å². The highest BCUT2D eigenvalue weighted by molar-refractivity contribution is 9.10. The molecule has 2 aromatic carbocycles. The Kier molecular flexibility index (Phi) is 3.37. The van der Waals surface area contributed by atoms with Gasteiger partial charge in [-0.05, 0) is 57.9 Å². The number of nitrogens with zero attached hydrogens (tertiary/aromatic N) is 1. The zero-order valence-corrected chi connectivity index (χ0v) is 12.8. The average molecular weight is 348 g/mol. The number of likely N-dealkylation sites (N-methyl/N-ethyl adjacent to an activating group) is 1. The van der Waals surface area contributed by atoms with E-state index in [1.165, 1.54) is 18.2 Å². The lowest BCUT2D eigenvalue weighted by molar-refractivity contribution is -0.117. The molecule has 0 spiro atoms. The highest BCUT2D eigenvalue weighted by Gasteiger charge is 2.25. The van der Waals surface area contributed by atoms with Crippen LogP contribution in [0.15, 0.2) is 40.9 Å². The van der Waals surface area contributed by atoms with E-state index in [0.29, 0.717) is 22.0 Å². The molecule has 0 bridgehead atoms. The fraction of sp³-hybridized carbons (Fsp3) is 0.125. The predicted molar refractivity (Wildman–Crippen MR) is 81.1 cm³/mol. The zero-order valence-electron chi connectivity index (χ0n) is 11.2. The molecule has 5 heteroatoms. The number of halogens is 2. The smallest absolute Gasteiger partial charge is 0.231 e. The predicted octanol–water partition coefficient (Wildman–Crippen LogP) is 3.34. The Balaban J connectivity index is 2.00. The third kappa shape index (κ3) is 2.38. The molecule has 1 heterocycles. The standard InChI is InChI=1S/C16H11BrFNO2/c1-19-14-5-2-9(6-10(14)7-15(19)20)16(21)12-4-3-11(18)8-13(12)17/h2-6,8H,7H2,1H3. The van der Waals surface area contributed by atoms with Gasteiger partial charge in [-0.1, -0.05) is 0 Å². The van der Waals surface area contributed by atoms with E-state index in [2.05, 4.69) is 15.9 Å². The fourth-order valence-corrected chi connectivity index (χ4v) is 2.97. The molecule has 0 saturated carbocycles. The summed E-state index contributed by atoms with van der Waals surface area (Å²) in [5, 5.41) is 0. The van der Waals surface area contributed by atoms with Crippen molar-refractivity contribution in [2.24, 2.45) is 0 Å². The first-order valence-electron chi connectivity index (χ1n) is 6.36. The molecule has 0 atom stereocenters. The van der Waals surface area contributed by atoms with E-state index >= 15 is 0 Å². The summed E-state index contributed by atoms with van der Waals surface area (Å²) in [6, 6.07) is 9.15. The fourth-order valence-electron chi connectivity index (χ4n) is 2.44. The lowest BCUT2D eigenvalue weighted by Gasteiger charge is -2.10. The van der Waals surface area contributed by atoms with Crippen LogP contribution >= 0.6 is 15.9 Å². The molecule has 0 N–H and O–H groups in total. The van der Waals surface area contributed by atoms with Crippen LogP contribution in [0.3, 0.4) is 0 Å². The Morgan fingerprint density at radius 1 is 1.24 bits per heavy atom. The number of ketones is 1. The first-order valence-corrected chi connectivity index (χ1v) is 7.16. The highest BCUT2D eigenvalue weighted by atomic mass is 79.9. The van der Waals surface area contributed by atoms with Crippen LogP contribution < -0.4 is 4.90 Å². The molecule has 0 unspecified atom stereocenters. The number of hydrogen-bond acceptors (Lipinski definition) is 2. The van der Waals surface area contributed by atoms with Crippen molar-refractivity contribution >= 4 is 33.3 Å². The summed E-state index contributed by atoms with van der Waals surface area (Å²) < 4.78 is 13.5. The summed E-state index contributed by atoms with van der Waals surface area (Å²) in [4.78, 5) is 25.7. The van der Waals surface area contributed by atoms with Gasteiger partial charge in [0.05, 0.1) is 6.42 Å². The molecule has 0 aliphatic carbocycles. The number of fused-ring (bicyclic) bond motifs is 1. The third-order valence-electron chi connectivity index (χ3n) is 3.59. The lowest BCUT2D eigenvalue weighted by Crippen LogP contribution is -2.20. The molecular weight excluding hydrogens is 337 g/mol. The van der Waals surface area contributed by atoms with Crippen molar-refractivity contribution in [3.8, 4) is 0 Å². The van der Waals surface area contributed by atoms with E-state index in [1.54, 1.807) is 30.1 Å². The lowest BCUT2D eigenvalue weighted by atomic mass is 10.0. The van der Waals surface area contributed by atoms with Gasteiger partial charge < -0.3 is 4.90 Å². The molecule has 1 aliphatic rings. The van der Waals surface area contributed by atoms with Crippen LogP contribution in [0.25, 0.3) is 0 Å². The molecule has 2 aromatic rings. The van der Waals surface area contributed by atoms with Crippen molar-refractivity contribution in [3.05, 3.63) is 63.4 Å². The normalized spacial score (nSPS) is 13.5. The van der Waals surface area contributed by atoms with E-state index in [-0.39, 0.29) is 11.7 Å². The molecular formula is C16H11BrFNO2. The molecule has 0 aromatic heterocycles. The molecule has 106 valence electrons. The second-order valence-corrected chi connectivity index (χ2v) is 5.78. The molecule has 21 heavy (non-hydrogen) atoms. The maximum Gasteiger partial charge on any atom is 0.231 e. The van der Waals surface area contributed by atoms with E-state index < -0.39 is 5.82 Å². The Labute approximate surface area is 129 Å². The number of carbonyl (C=O) groups excluding carboxylic acids is 2. The minimum absolute atomic E-state index is 0.0116. The van der Waals surface area contributed by atoms with Crippen LogP contribution in [0.2, 0.25) is 0 Å². The summed E-state index contributed by atoms with van der Waals surface area (Å²) in [5.41, 5.74) is 2.56. The second-order valence-electron chi connectivity index (χ2n) is 4.93. The van der Waals surface area contributed by atoms with Gasteiger partial charge in [0, 0.05) is 28.3 Å². The summed E-state index contributed by atoms with van der Waals surface area (Å²) in [6.07, 6.45) is 0.303. The van der Waals surface area contributed by atoms with Gasteiger partial charge in [-0.2, -0.15) is 0 Å². The van der Waals surface area contributed by atoms with Crippen molar-refractivity contribution in [1.82, 2.24) is 0 Å². The molecule has 3 nitrogen and oxygen atoms in total. The van der Waals surface area contributed by atoms with Crippen molar-refractivity contribution in [1.29, 1.82) is 0 Å². The largest absolute Gasteiger partial charge is 0.315 e. The third-order valence-corrected chi connectivity index (χ3v) is 4.25.